The van der Waals surface area contributed by atoms with Crippen molar-refractivity contribution in [3.63, 3.8) is 0 Å². The van der Waals surface area contributed by atoms with Gasteiger partial charge in [0.25, 0.3) is 0 Å². The molecule has 78 valence electrons. The quantitative estimate of drug-likeness (QED) is 0.756. The number of rotatable bonds is 1. The minimum Gasteiger partial charge on any atom is -0.386 e. The summed E-state index contributed by atoms with van der Waals surface area (Å²) in [6, 6.07) is 6.94. The smallest absolute Gasteiger partial charge is 0.216 e. The lowest BCUT2D eigenvalue weighted by Crippen LogP contribution is -2.16. The van der Waals surface area contributed by atoms with Gasteiger partial charge in [0.05, 0.1) is 5.60 Å². The molecular weight excluding hydrogens is 242 g/mol. The Morgan fingerprint density at radius 2 is 1.57 bits per heavy atom. The van der Waals surface area contributed by atoms with E-state index in [1.807, 2.05) is 0 Å². The third-order valence-electron chi connectivity index (χ3n) is 1.90. The zero-order chi connectivity index (χ0) is 11.0. The molecule has 1 nitrogen and oxygen atoms in total. The summed E-state index contributed by atoms with van der Waals surface area (Å²) >= 11 is 17.2. The molecule has 0 atom stereocenters. The van der Waals surface area contributed by atoms with Crippen molar-refractivity contribution in [3.05, 3.63) is 35.4 Å². The van der Waals surface area contributed by atoms with Crippen LogP contribution in [0.2, 0.25) is 0 Å². The van der Waals surface area contributed by atoms with E-state index in [4.69, 9.17) is 34.8 Å². The van der Waals surface area contributed by atoms with Crippen molar-refractivity contribution < 1.29 is 5.11 Å². The van der Waals surface area contributed by atoms with Crippen LogP contribution >= 0.6 is 34.8 Å². The average molecular weight is 254 g/mol. The van der Waals surface area contributed by atoms with Crippen molar-refractivity contribution in [2.24, 2.45) is 0 Å². The van der Waals surface area contributed by atoms with Crippen LogP contribution in [-0.2, 0) is 9.39 Å². The predicted octanol–water partition coefficient (Wildman–Crippen LogP) is 3.74. The summed E-state index contributed by atoms with van der Waals surface area (Å²) in [6.07, 6.45) is 0. The zero-order valence-electron chi connectivity index (χ0n) is 7.89. The molecule has 0 saturated carbocycles. The average Bonchev–Trinajstić information content (AvgIpc) is 2.01. The third-order valence-corrected chi connectivity index (χ3v) is 2.55. The van der Waals surface area contributed by atoms with Crippen LogP contribution in [0, 0.1) is 0 Å². The Kier molecular flexibility index (Phi) is 3.37. The van der Waals surface area contributed by atoms with Crippen molar-refractivity contribution in [1.82, 2.24) is 0 Å². The summed E-state index contributed by atoms with van der Waals surface area (Å²) < 4.78 is -1.44. The van der Waals surface area contributed by atoms with Gasteiger partial charge in [-0.1, -0.05) is 53.0 Å². The summed E-state index contributed by atoms with van der Waals surface area (Å²) in [5, 5.41) is 9.75. The molecule has 0 aromatic heterocycles. The molecule has 1 aromatic rings. The molecule has 0 aliphatic rings. The Labute approximate surface area is 98.6 Å². The van der Waals surface area contributed by atoms with Crippen LogP contribution in [0.4, 0.5) is 0 Å². The van der Waals surface area contributed by atoms with E-state index in [9.17, 15) is 5.11 Å². The molecule has 0 fully saturated rings. The van der Waals surface area contributed by atoms with Crippen LogP contribution in [0.5, 0.6) is 0 Å². The van der Waals surface area contributed by atoms with Crippen molar-refractivity contribution in [2.75, 3.05) is 0 Å². The molecule has 0 unspecified atom stereocenters. The number of aliphatic hydroxyl groups is 1. The Morgan fingerprint density at radius 1 is 1.07 bits per heavy atom. The molecule has 0 heterocycles. The minimum atomic E-state index is -1.44. The fourth-order valence-corrected chi connectivity index (χ4v) is 1.43. The van der Waals surface area contributed by atoms with Gasteiger partial charge >= 0.3 is 0 Å². The number of hydrogen-bond donors (Lipinski definition) is 1. The highest BCUT2D eigenvalue weighted by Crippen LogP contribution is 2.39. The highest BCUT2D eigenvalue weighted by Gasteiger charge is 2.25. The number of halogens is 3. The molecule has 0 saturated heterocycles. The van der Waals surface area contributed by atoms with Gasteiger partial charge in [-0.15, -0.1) is 0 Å². The van der Waals surface area contributed by atoms with Gasteiger partial charge in [0.15, 0.2) is 0 Å². The minimum absolute atomic E-state index is 0.558. The van der Waals surface area contributed by atoms with Gasteiger partial charge in [0.2, 0.25) is 3.79 Å². The molecular formula is C10H11Cl3O. The van der Waals surface area contributed by atoms with Gasteiger partial charge in [0, 0.05) is 5.56 Å². The molecule has 1 N–H and O–H groups in total. The van der Waals surface area contributed by atoms with E-state index in [-0.39, 0.29) is 0 Å². The molecule has 4 heteroatoms. The molecule has 0 aliphatic heterocycles. The van der Waals surface area contributed by atoms with Crippen molar-refractivity contribution in [2.45, 2.75) is 23.2 Å². The van der Waals surface area contributed by atoms with Crippen molar-refractivity contribution >= 4 is 34.8 Å². The first-order valence-electron chi connectivity index (χ1n) is 4.11. The van der Waals surface area contributed by atoms with Crippen LogP contribution in [0.1, 0.15) is 25.0 Å². The fraction of sp³-hybridized carbons (Fsp3) is 0.400. The lowest BCUT2D eigenvalue weighted by Gasteiger charge is -2.20. The van der Waals surface area contributed by atoms with E-state index in [0.717, 1.165) is 5.56 Å². The summed E-state index contributed by atoms with van der Waals surface area (Å²) in [4.78, 5) is 0. The van der Waals surface area contributed by atoms with Gasteiger partial charge < -0.3 is 5.11 Å². The highest BCUT2D eigenvalue weighted by molar-refractivity contribution is 6.66. The van der Waals surface area contributed by atoms with E-state index >= 15 is 0 Å². The molecule has 1 aromatic carbocycles. The van der Waals surface area contributed by atoms with Gasteiger partial charge in [0.1, 0.15) is 0 Å². The monoisotopic (exact) mass is 252 g/mol. The van der Waals surface area contributed by atoms with E-state index < -0.39 is 9.39 Å². The molecule has 0 bridgehead atoms. The largest absolute Gasteiger partial charge is 0.386 e. The number of benzene rings is 1. The van der Waals surface area contributed by atoms with Crippen LogP contribution in [-0.4, -0.2) is 5.11 Å². The topological polar surface area (TPSA) is 20.2 Å². The second-order valence-electron chi connectivity index (χ2n) is 3.64. The van der Waals surface area contributed by atoms with E-state index in [1.54, 1.807) is 38.1 Å². The predicted molar refractivity (Wildman–Crippen MR) is 60.9 cm³/mol. The lowest BCUT2D eigenvalue weighted by atomic mass is 9.97. The SMILES string of the molecule is CC(C)(O)c1cccc(C(Cl)(Cl)Cl)c1. The molecule has 0 amide bonds. The zero-order valence-corrected chi connectivity index (χ0v) is 10.2. The fourth-order valence-electron chi connectivity index (χ4n) is 1.08. The first kappa shape index (κ1) is 12.1. The van der Waals surface area contributed by atoms with Crippen LogP contribution in [0.15, 0.2) is 24.3 Å². The lowest BCUT2D eigenvalue weighted by molar-refractivity contribution is 0.0785. The maximum atomic E-state index is 9.75. The first-order chi connectivity index (χ1) is 6.21. The summed E-state index contributed by atoms with van der Waals surface area (Å²) in [7, 11) is 0. The van der Waals surface area contributed by atoms with E-state index in [0.29, 0.717) is 5.56 Å². The summed E-state index contributed by atoms with van der Waals surface area (Å²) in [5.74, 6) is 0. The van der Waals surface area contributed by atoms with Gasteiger partial charge in [-0.05, 0) is 25.5 Å². The van der Waals surface area contributed by atoms with Gasteiger partial charge in [-0.2, -0.15) is 0 Å². The van der Waals surface area contributed by atoms with Crippen LogP contribution in [0.25, 0.3) is 0 Å². The Hall–Kier alpha value is 0.0500. The Morgan fingerprint density at radius 3 is 2.00 bits per heavy atom. The molecule has 0 spiro atoms. The Bertz CT molecular complexity index is 294. The van der Waals surface area contributed by atoms with E-state index in [1.165, 1.54) is 0 Å². The molecule has 14 heavy (non-hydrogen) atoms. The maximum Gasteiger partial charge on any atom is 0.216 e. The second kappa shape index (κ2) is 3.90. The van der Waals surface area contributed by atoms with Crippen LogP contribution in [0.3, 0.4) is 0 Å². The van der Waals surface area contributed by atoms with Crippen molar-refractivity contribution in [3.8, 4) is 0 Å². The maximum absolute atomic E-state index is 9.75. The summed E-state index contributed by atoms with van der Waals surface area (Å²) in [6.45, 7) is 3.37. The summed E-state index contributed by atoms with van der Waals surface area (Å²) in [5.41, 5.74) is 0.356. The van der Waals surface area contributed by atoms with Gasteiger partial charge in [-0.25, -0.2) is 0 Å². The second-order valence-corrected chi connectivity index (χ2v) is 5.92. The molecule has 1 rings (SSSR count). The standard InChI is InChI=1S/C10H11Cl3O/c1-9(2,14)7-4-3-5-8(6-7)10(11,12)13/h3-6,14H,1-2H3. The number of hydrogen-bond acceptors (Lipinski definition) is 1. The van der Waals surface area contributed by atoms with Gasteiger partial charge in [-0.3, -0.25) is 0 Å². The molecule has 0 aliphatic carbocycles. The highest BCUT2D eigenvalue weighted by atomic mass is 35.6. The Balaban J connectivity index is 3.15. The van der Waals surface area contributed by atoms with Crippen LogP contribution < -0.4 is 0 Å². The van der Waals surface area contributed by atoms with E-state index in [2.05, 4.69) is 0 Å². The first-order valence-corrected chi connectivity index (χ1v) is 5.25. The third kappa shape index (κ3) is 3.03. The normalized spacial score (nSPS) is 13.0. The van der Waals surface area contributed by atoms with Crippen molar-refractivity contribution in [1.29, 1.82) is 0 Å². The molecule has 0 radical (unpaired) electrons. The number of alkyl halides is 3.